The second kappa shape index (κ2) is 6.56. The van der Waals surface area contributed by atoms with Gasteiger partial charge < -0.3 is 0 Å². The molecule has 0 spiro atoms. The molecule has 2 aromatic rings. The molecular formula is C20H22. The molecule has 0 heterocycles. The van der Waals surface area contributed by atoms with Crippen molar-refractivity contribution in [1.82, 2.24) is 0 Å². The normalized spacial score (nSPS) is 22.4. The van der Waals surface area contributed by atoms with Crippen LogP contribution in [0.4, 0.5) is 0 Å². The summed E-state index contributed by atoms with van der Waals surface area (Å²) in [4.78, 5) is 0. The van der Waals surface area contributed by atoms with Gasteiger partial charge in [0, 0.05) is 0 Å². The lowest BCUT2D eigenvalue weighted by molar-refractivity contribution is 0.572. The summed E-state index contributed by atoms with van der Waals surface area (Å²) in [6.45, 7) is 0. The van der Waals surface area contributed by atoms with Gasteiger partial charge in [-0.25, -0.2) is 0 Å². The molecule has 0 aliphatic heterocycles. The van der Waals surface area contributed by atoms with Crippen LogP contribution < -0.4 is 0 Å². The minimum atomic E-state index is 0.669. The van der Waals surface area contributed by atoms with Crippen molar-refractivity contribution in [2.75, 3.05) is 0 Å². The van der Waals surface area contributed by atoms with E-state index in [4.69, 9.17) is 0 Å². The lowest BCUT2D eigenvalue weighted by atomic mass is 9.83. The van der Waals surface area contributed by atoms with E-state index in [1.165, 1.54) is 48.8 Å². The van der Waals surface area contributed by atoms with Gasteiger partial charge in [-0.2, -0.15) is 0 Å². The first-order valence-electron chi connectivity index (χ1n) is 7.73. The summed E-state index contributed by atoms with van der Waals surface area (Å²) in [5.74, 6) is 0.669. The van der Waals surface area contributed by atoms with E-state index in [2.05, 4.69) is 66.7 Å². The molecule has 3 rings (SSSR count). The van der Waals surface area contributed by atoms with Gasteiger partial charge in [-0.15, -0.1) is 0 Å². The average Bonchev–Trinajstić information content (AvgIpc) is 2.49. The molecule has 0 saturated carbocycles. The van der Waals surface area contributed by atoms with E-state index in [1.807, 2.05) is 0 Å². The van der Waals surface area contributed by atoms with Crippen LogP contribution in [0.15, 0.2) is 66.7 Å². The predicted octanol–water partition coefficient (Wildman–Crippen LogP) is 5.82. The zero-order chi connectivity index (χ0) is 13.6. The van der Waals surface area contributed by atoms with Crippen LogP contribution in [0.2, 0.25) is 0 Å². The minimum Gasteiger partial charge on any atom is -0.0807 e. The molecule has 1 aliphatic rings. The van der Waals surface area contributed by atoms with Crippen LogP contribution >= 0.6 is 0 Å². The summed E-state index contributed by atoms with van der Waals surface area (Å²) in [5.41, 5.74) is 4.42. The van der Waals surface area contributed by atoms with Crippen molar-refractivity contribution < 1.29 is 0 Å². The molecule has 102 valence electrons. The standard InChI is InChI=1S/C20H22/c1-4-10-17(11-5-1)19-14-8-3-9-15-20(16-19)18-12-6-2-7-13-18/h1-2,4-7,10-14,20H,3,8-9,15-16H2/b19-14+. The second-order valence-corrected chi connectivity index (χ2v) is 5.69. The molecule has 0 radical (unpaired) electrons. The van der Waals surface area contributed by atoms with E-state index < -0.39 is 0 Å². The first kappa shape index (κ1) is 13.2. The van der Waals surface area contributed by atoms with E-state index in [1.54, 1.807) is 0 Å². The Morgan fingerprint density at radius 1 is 0.750 bits per heavy atom. The van der Waals surface area contributed by atoms with Gasteiger partial charge in [-0.3, -0.25) is 0 Å². The van der Waals surface area contributed by atoms with Gasteiger partial charge >= 0.3 is 0 Å². The average molecular weight is 262 g/mol. The van der Waals surface area contributed by atoms with Crippen LogP contribution in [-0.2, 0) is 0 Å². The van der Waals surface area contributed by atoms with E-state index >= 15 is 0 Å². The van der Waals surface area contributed by atoms with Crippen LogP contribution in [0.3, 0.4) is 0 Å². The maximum Gasteiger partial charge on any atom is -0.0121 e. The highest BCUT2D eigenvalue weighted by Crippen LogP contribution is 2.35. The highest BCUT2D eigenvalue weighted by Gasteiger charge is 2.16. The third-order valence-corrected chi connectivity index (χ3v) is 4.28. The second-order valence-electron chi connectivity index (χ2n) is 5.69. The lowest BCUT2D eigenvalue weighted by Crippen LogP contribution is -2.03. The molecule has 2 aromatic carbocycles. The Kier molecular flexibility index (Phi) is 4.32. The van der Waals surface area contributed by atoms with Gasteiger partial charge in [-0.1, -0.05) is 73.2 Å². The van der Waals surface area contributed by atoms with Crippen molar-refractivity contribution >= 4 is 5.57 Å². The monoisotopic (exact) mass is 262 g/mol. The fourth-order valence-corrected chi connectivity index (χ4v) is 3.16. The number of hydrogen-bond acceptors (Lipinski definition) is 0. The molecule has 1 unspecified atom stereocenters. The van der Waals surface area contributed by atoms with E-state index in [-0.39, 0.29) is 0 Å². The Morgan fingerprint density at radius 3 is 2.20 bits per heavy atom. The number of benzene rings is 2. The summed E-state index contributed by atoms with van der Waals surface area (Å²) < 4.78 is 0. The summed E-state index contributed by atoms with van der Waals surface area (Å²) >= 11 is 0. The molecule has 0 amide bonds. The third kappa shape index (κ3) is 3.19. The van der Waals surface area contributed by atoms with E-state index in [0.29, 0.717) is 5.92 Å². The molecule has 0 saturated heterocycles. The summed E-state index contributed by atoms with van der Waals surface area (Å²) in [6.07, 6.45) is 8.84. The number of allylic oxidation sites excluding steroid dienone is 2. The van der Waals surface area contributed by atoms with Crippen molar-refractivity contribution in [3.8, 4) is 0 Å². The summed E-state index contributed by atoms with van der Waals surface area (Å²) in [6, 6.07) is 21.9. The van der Waals surface area contributed by atoms with E-state index in [0.717, 1.165) is 0 Å². The number of hydrogen-bond donors (Lipinski definition) is 0. The fourth-order valence-electron chi connectivity index (χ4n) is 3.16. The quantitative estimate of drug-likeness (QED) is 0.640. The molecule has 0 fully saturated rings. The lowest BCUT2D eigenvalue weighted by Gasteiger charge is -2.22. The maximum absolute atomic E-state index is 2.46. The van der Waals surface area contributed by atoms with Crippen LogP contribution in [0, 0.1) is 0 Å². The van der Waals surface area contributed by atoms with Crippen LogP contribution in [-0.4, -0.2) is 0 Å². The predicted molar refractivity (Wildman–Crippen MR) is 86.7 cm³/mol. The first-order chi connectivity index (χ1) is 9.93. The third-order valence-electron chi connectivity index (χ3n) is 4.28. The zero-order valence-corrected chi connectivity index (χ0v) is 12.0. The summed E-state index contributed by atoms with van der Waals surface area (Å²) in [5, 5.41) is 0. The van der Waals surface area contributed by atoms with Crippen LogP contribution in [0.1, 0.15) is 49.1 Å². The fraction of sp³-hybridized carbons (Fsp3) is 0.300. The van der Waals surface area contributed by atoms with Gasteiger partial charge in [0.15, 0.2) is 0 Å². The maximum atomic E-state index is 2.46. The van der Waals surface area contributed by atoms with E-state index in [9.17, 15) is 0 Å². The van der Waals surface area contributed by atoms with Gasteiger partial charge in [-0.05, 0) is 48.3 Å². The highest BCUT2D eigenvalue weighted by molar-refractivity contribution is 5.66. The molecule has 0 bridgehead atoms. The molecule has 1 atom stereocenters. The summed E-state index contributed by atoms with van der Waals surface area (Å²) in [7, 11) is 0. The topological polar surface area (TPSA) is 0 Å². The van der Waals surface area contributed by atoms with Gasteiger partial charge in [0.05, 0.1) is 0 Å². The first-order valence-corrected chi connectivity index (χ1v) is 7.73. The molecule has 20 heavy (non-hydrogen) atoms. The zero-order valence-electron chi connectivity index (χ0n) is 12.0. The SMILES string of the molecule is C1=C(/c2ccccc2)CC(c2ccccc2)CCCC/1. The Labute approximate surface area is 122 Å². The van der Waals surface area contributed by atoms with Crippen molar-refractivity contribution in [3.05, 3.63) is 77.9 Å². The van der Waals surface area contributed by atoms with Gasteiger partial charge in [0.1, 0.15) is 0 Å². The van der Waals surface area contributed by atoms with Crippen molar-refractivity contribution in [3.63, 3.8) is 0 Å². The number of rotatable bonds is 2. The van der Waals surface area contributed by atoms with Gasteiger partial charge in [0.25, 0.3) is 0 Å². The minimum absolute atomic E-state index is 0.669. The molecule has 1 aliphatic carbocycles. The van der Waals surface area contributed by atoms with Crippen LogP contribution in [0.25, 0.3) is 5.57 Å². The van der Waals surface area contributed by atoms with Crippen molar-refractivity contribution in [1.29, 1.82) is 0 Å². The Morgan fingerprint density at radius 2 is 1.45 bits per heavy atom. The Balaban J connectivity index is 1.87. The van der Waals surface area contributed by atoms with Crippen molar-refractivity contribution in [2.45, 2.75) is 38.0 Å². The van der Waals surface area contributed by atoms with Crippen LogP contribution in [0.5, 0.6) is 0 Å². The molecule has 0 N–H and O–H groups in total. The molecular weight excluding hydrogens is 240 g/mol. The van der Waals surface area contributed by atoms with Gasteiger partial charge in [0.2, 0.25) is 0 Å². The van der Waals surface area contributed by atoms with Crippen molar-refractivity contribution in [2.24, 2.45) is 0 Å². The Bertz CT molecular complexity index is 551. The Hall–Kier alpha value is -1.82. The molecule has 0 aromatic heterocycles. The molecule has 0 heteroatoms. The smallest absolute Gasteiger partial charge is 0.0121 e. The molecule has 0 nitrogen and oxygen atoms in total. The highest BCUT2D eigenvalue weighted by atomic mass is 14.2. The largest absolute Gasteiger partial charge is 0.0807 e.